The quantitative estimate of drug-likeness (QED) is 0.0420. The zero-order chi connectivity index (χ0) is 55.5. The molecule has 0 aliphatic carbocycles. The lowest BCUT2D eigenvalue weighted by Gasteiger charge is -2.19. The Morgan fingerprint density at radius 1 is 0.312 bits per heavy atom. The van der Waals surface area contributed by atoms with E-state index in [1.165, 1.54) is 315 Å². The van der Waals surface area contributed by atoms with Crippen LogP contribution in [0.3, 0.4) is 0 Å². The summed E-state index contributed by atoms with van der Waals surface area (Å²) in [5.41, 5.74) is 0. The van der Waals surface area contributed by atoms with Crippen molar-refractivity contribution in [2.75, 3.05) is 6.61 Å². The summed E-state index contributed by atoms with van der Waals surface area (Å²) in [6.07, 6.45) is 97.4. The Balaban J connectivity index is 3.45. The van der Waals surface area contributed by atoms with Crippen molar-refractivity contribution in [3.8, 4) is 0 Å². The van der Waals surface area contributed by atoms with Crippen LogP contribution < -0.4 is 5.32 Å². The molecule has 452 valence electrons. The molecule has 4 heteroatoms. The SMILES string of the molecule is CCCCCCC/C=C\C/C=C\C/C=C\CCCCCCCCCCCCCCCCCCCCCCCCC(=O)NC(CO)C(O)/C=C/CC/C=C/CCCCCCCCCCCCCCCCCCCCCCCC. The van der Waals surface area contributed by atoms with Crippen LogP contribution in [0.2, 0.25) is 0 Å². The summed E-state index contributed by atoms with van der Waals surface area (Å²) < 4.78 is 0. The smallest absolute Gasteiger partial charge is 0.220 e. The molecule has 0 aromatic heterocycles. The van der Waals surface area contributed by atoms with Crippen molar-refractivity contribution >= 4 is 5.91 Å². The monoisotopic (exact) mass is 1080 g/mol. The minimum absolute atomic E-state index is 0.0673. The largest absolute Gasteiger partial charge is 0.394 e. The Morgan fingerprint density at radius 3 is 0.844 bits per heavy atom. The van der Waals surface area contributed by atoms with Gasteiger partial charge >= 0.3 is 0 Å². The highest BCUT2D eigenvalue weighted by atomic mass is 16.3. The van der Waals surface area contributed by atoms with Crippen molar-refractivity contribution in [3.05, 3.63) is 60.8 Å². The van der Waals surface area contributed by atoms with Crippen LogP contribution in [0.25, 0.3) is 0 Å². The number of aliphatic hydroxyl groups is 2. The average molecular weight is 1080 g/mol. The van der Waals surface area contributed by atoms with Crippen LogP contribution in [0, 0.1) is 0 Å². The lowest BCUT2D eigenvalue weighted by molar-refractivity contribution is -0.123. The number of aliphatic hydroxyl groups excluding tert-OH is 2. The molecule has 4 nitrogen and oxygen atoms in total. The second kappa shape index (κ2) is 68.4. The number of amides is 1. The number of hydrogen-bond acceptors (Lipinski definition) is 3. The third-order valence-corrected chi connectivity index (χ3v) is 16.2. The maximum Gasteiger partial charge on any atom is 0.220 e. The van der Waals surface area contributed by atoms with E-state index >= 15 is 0 Å². The summed E-state index contributed by atoms with van der Waals surface area (Å²) in [4.78, 5) is 12.5. The van der Waals surface area contributed by atoms with E-state index in [4.69, 9.17) is 0 Å². The Kier molecular flexibility index (Phi) is 66.7. The fourth-order valence-corrected chi connectivity index (χ4v) is 10.9. The number of allylic oxidation sites excluding steroid dienone is 9. The van der Waals surface area contributed by atoms with Gasteiger partial charge in [0.1, 0.15) is 0 Å². The second-order valence-corrected chi connectivity index (χ2v) is 23.9. The van der Waals surface area contributed by atoms with E-state index < -0.39 is 12.1 Å². The highest BCUT2D eigenvalue weighted by Crippen LogP contribution is 2.18. The predicted octanol–water partition coefficient (Wildman–Crippen LogP) is 23.9. The Labute approximate surface area is 483 Å². The lowest BCUT2D eigenvalue weighted by atomic mass is 10.0. The first kappa shape index (κ1) is 75.1. The molecular weight excluding hydrogens is 939 g/mol. The van der Waals surface area contributed by atoms with E-state index in [1.54, 1.807) is 6.08 Å². The molecular formula is C73H137NO3. The zero-order valence-electron chi connectivity index (χ0n) is 52.2. The van der Waals surface area contributed by atoms with Gasteiger partial charge in [0, 0.05) is 6.42 Å². The number of unbranched alkanes of at least 4 members (excludes halogenated alkanes) is 50. The molecule has 0 bridgehead atoms. The summed E-state index contributed by atoms with van der Waals surface area (Å²) in [7, 11) is 0. The molecule has 0 aliphatic heterocycles. The first-order chi connectivity index (χ1) is 38.2. The van der Waals surface area contributed by atoms with Gasteiger partial charge in [0.15, 0.2) is 0 Å². The van der Waals surface area contributed by atoms with Gasteiger partial charge in [-0.15, -0.1) is 0 Å². The van der Waals surface area contributed by atoms with Crippen molar-refractivity contribution in [2.45, 2.75) is 392 Å². The number of nitrogens with one attached hydrogen (secondary N) is 1. The van der Waals surface area contributed by atoms with Gasteiger partial charge in [-0.1, -0.05) is 364 Å². The van der Waals surface area contributed by atoms with Crippen LogP contribution in [0.1, 0.15) is 380 Å². The molecule has 1 amide bonds. The van der Waals surface area contributed by atoms with Crippen LogP contribution >= 0.6 is 0 Å². The minimum atomic E-state index is -0.864. The topological polar surface area (TPSA) is 69.6 Å². The summed E-state index contributed by atoms with van der Waals surface area (Å²) in [6.45, 7) is 4.32. The standard InChI is InChI=1S/C73H137NO3/c1-3-5-7-9-11-13-15-17-19-21-23-25-27-29-31-33-34-35-36-37-38-39-40-41-43-45-47-49-51-53-55-57-59-61-63-65-67-69-73(77)74-71(70-75)72(76)68-66-64-62-60-58-56-54-52-50-48-46-44-42-32-30-28-26-24-22-20-18-16-14-12-10-8-6-4-2/h15,17,21,23,27,29,58,60,66,68,71-72,75-76H,3-14,16,18-20,22,24-26,28,30-57,59,61-65,67,69-70H2,1-2H3,(H,74,77)/b17-15-,23-21-,29-27-,60-58+,68-66+. The van der Waals surface area contributed by atoms with Gasteiger partial charge in [-0.2, -0.15) is 0 Å². The molecule has 77 heavy (non-hydrogen) atoms. The van der Waals surface area contributed by atoms with Crippen molar-refractivity contribution in [3.63, 3.8) is 0 Å². The minimum Gasteiger partial charge on any atom is -0.394 e. The van der Waals surface area contributed by atoms with Gasteiger partial charge in [-0.25, -0.2) is 0 Å². The molecule has 0 radical (unpaired) electrons. The summed E-state index contributed by atoms with van der Waals surface area (Å²) in [5.74, 6) is -0.0673. The molecule has 2 atom stereocenters. The molecule has 0 heterocycles. The Bertz CT molecular complexity index is 1270. The van der Waals surface area contributed by atoms with E-state index in [1.807, 2.05) is 6.08 Å². The van der Waals surface area contributed by atoms with Crippen LogP contribution in [-0.4, -0.2) is 34.9 Å². The molecule has 0 rings (SSSR count). The van der Waals surface area contributed by atoms with E-state index in [-0.39, 0.29) is 12.5 Å². The van der Waals surface area contributed by atoms with Crippen molar-refractivity contribution in [1.29, 1.82) is 0 Å². The summed E-state index contributed by atoms with van der Waals surface area (Å²) >= 11 is 0. The van der Waals surface area contributed by atoms with Gasteiger partial charge in [0.25, 0.3) is 0 Å². The first-order valence-electron chi connectivity index (χ1n) is 35.0. The normalized spacial score (nSPS) is 13.0. The first-order valence-corrected chi connectivity index (χ1v) is 35.0. The number of rotatable bonds is 65. The molecule has 0 saturated carbocycles. The highest BCUT2D eigenvalue weighted by molar-refractivity contribution is 5.76. The molecule has 3 N–H and O–H groups in total. The number of carbonyl (C=O) groups is 1. The van der Waals surface area contributed by atoms with E-state index in [0.717, 1.165) is 44.9 Å². The lowest BCUT2D eigenvalue weighted by Crippen LogP contribution is -2.45. The van der Waals surface area contributed by atoms with Gasteiger partial charge in [-0.3, -0.25) is 4.79 Å². The van der Waals surface area contributed by atoms with Gasteiger partial charge in [-0.05, 0) is 70.6 Å². The predicted molar refractivity (Wildman–Crippen MR) is 345 cm³/mol. The molecule has 0 aromatic rings. The molecule has 2 unspecified atom stereocenters. The zero-order valence-corrected chi connectivity index (χ0v) is 52.2. The van der Waals surface area contributed by atoms with Crippen LogP contribution in [-0.2, 0) is 4.79 Å². The summed E-state index contributed by atoms with van der Waals surface area (Å²) in [6, 6.07) is -0.641. The van der Waals surface area contributed by atoms with Crippen LogP contribution in [0.4, 0.5) is 0 Å². The van der Waals surface area contributed by atoms with Crippen molar-refractivity contribution in [2.24, 2.45) is 0 Å². The maximum absolute atomic E-state index is 12.5. The van der Waals surface area contributed by atoms with E-state index in [2.05, 4.69) is 67.8 Å². The van der Waals surface area contributed by atoms with Gasteiger partial charge < -0.3 is 15.5 Å². The number of hydrogen-bond donors (Lipinski definition) is 3. The molecule has 0 saturated heterocycles. The highest BCUT2D eigenvalue weighted by Gasteiger charge is 2.18. The number of carbonyl (C=O) groups excluding carboxylic acids is 1. The van der Waals surface area contributed by atoms with Gasteiger partial charge in [0.05, 0.1) is 18.8 Å². The van der Waals surface area contributed by atoms with Crippen LogP contribution in [0.5, 0.6) is 0 Å². The fraction of sp³-hybridized carbons (Fsp3) is 0.849. The fourth-order valence-electron chi connectivity index (χ4n) is 10.9. The van der Waals surface area contributed by atoms with Gasteiger partial charge in [0.2, 0.25) is 5.91 Å². The second-order valence-electron chi connectivity index (χ2n) is 23.9. The molecule has 0 spiro atoms. The molecule has 0 aliphatic rings. The Morgan fingerprint density at radius 2 is 0.545 bits per heavy atom. The average Bonchev–Trinajstić information content (AvgIpc) is 3.43. The molecule has 0 fully saturated rings. The Hall–Kier alpha value is -1.91. The maximum atomic E-state index is 12.5. The van der Waals surface area contributed by atoms with E-state index in [9.17, 15) is 15.0 Å². The van der Waals surface area contributed by atoms with Crippen molar-refractivity contribution in [1.82, 2.24) is 5.32 Å². The van der Waals surface area contributed by atoms with Crippen LogP contribution in [0.15, 0.2) is 60.8 Å². The molecule has 0 aromatic carbocycles. The third-order valence-electron chi connectivity index (χ3n) is 16.2. The van der Waals surface area contributed by atoms with Crippen molar-refractivity contribution < 1.29 is 15.0 Å². The van der Waals surface area contributed by atoms with E-state index in [0.29, 0.717) is 6.42 Å². The third kappa shape index (κ3) is 64.8. The summed E-state index contributed by atoms with van der Waals surface area (Å²) in [5, 5.41) is 23.3.